The molecule has 0 unspecified atom stereocenters. The molecule has 1 aromatic heterocycles. The first-order valence-electron chi connectivity index (χ1n) is 7.25. The Labute approximate surface area is 142 Å². The van der Waals surface area contributed by atoms with Crippen molar-refractivity contribution in [1.82, 2.24) is 15.6 Å². The predicted molar refractivity (Wildman–Crippen MR) is 89.1 cm³/mol. The van der Waals surface area contributed by atoms with Gasteiger partial charge in [0.2, 0.25) is 5.91 Å². The number of aromatic carboxylic acids is 1. The Kier molecular flexibility index (Phi) is 6.02. The molecule has 0 aliphatic heterocycles. The van der Waals surface area contributed by atoms with Crippen LogP contribution in [0.1, 0.15) is 37.8 Å². The van der Waals surface area contributed by atoms with Crippen molar-refractivity contribution in [2.24, 2.45) is 0 Å². The minimum absolute atomic E-state index is 0.0183. The van der Waals surface area contributed by atoms with Gasteiger partial charge in [0, 0.05) is 24.4 Å². The number of thiazole rings is 1. The van der Waals surface area contributed by atoms with E-state index in [1.165, 1.54) is 16.7 Å². The molecule has 1 aromatic carbocycles. The molecule has 0 saturated carbocycles. The topological polar surface area (TPSA) is 108 Å². The van der Waals surface area contributed by atoms with Crippen LogP contribution in [0.15, 0.2) is 29.6 Å². The quantitative estimate of drug-likeness (QED) is 0.702. The molecule has 0 atom stereocenters. The van der Waals surface area contributed by atoms with Gasteiger partial charge in [-0.15, -0.1) is 11.3 Å². The van der Waals surface area contributed by atoms with Gasteiger partial charge in [-0.1, -0.05) is 12.1 Å². The largest absolute Gasteiger partial charge is 0.476 e. The number of carbonyl (C=O) groups excluding carboxylic acids is 2. The molecule has 126 valence electrons. The average molecular weight is 347 g/mol. The maximum absolute atomic E-state index is 11.9. The Balaban J connectivity index is 1.82. The van der Waals surface area contributed by atoms with Gasteiger partial charge in [0.1, 0.15) is 5.01 Å². The number of aromatic nitrogens is 1. The number of carbonyl (C=O) groups is 3. The molecule has 0 aliphatic rings. The second-order valence-corrected chi connectivity index (χ2v) is 5.93. The number of rotatable bonds is 7. The summed E-state index contributed by atoms with van der Waals surface area (Å²) in [5, 5.41) is 16.0. The highest BCUT2D eigenvalue weighted by Crippen LogP contribution is 2.10. The summed E-state index contributed by atoms with van der Waals surface area (Å²) in [6.45, 7) is 0.203. The number of carboxylic acid groups (broad SMARTS) is 1. The average Bonchev–Trinajstić information content (AvgIpc) is 3.07. The Hall–Kier alpha value is -2.74. The lowest BCUT2D eigenvalue weighted by Crippen LogP contribution is -2.23. The third-order valence-electron chi connectivity index (χ3n) is 3.26. The van der Waals surface area contributed by atoms with Gasteiger partial charge < -0.3 is 15.7 Å². The number of nitrogens with one attached hydrogen (secondary N) is 2. The fourth-order valence-corrected chi connectivity index (χ4v) is 2.73. The highest BCUT2D eigenvalue weighted by Gasteiger charge is 2.10. The molecular formula is C16H17N3O4S. The van der Waals surface area contributed by atoms with Crippen LogP contribution in [0.25, 0.3) is 0 Å². The van der Waals surface area contributed by atoms with Crippen molar-refractivity contribution in [3.63, 3.8) is 0 Å². The Morgan fingerprint density at radius 2 is 2.08 bits per heavy atom. The smallest absolute Gasteiger partial charge is 0.355 e. The van der Waals surface area contributed by atoms with Crippen LogP contribution in [0.3, 0.4) is 0 Å². The Bertz CT molecular complexity index is 757. The highest BCUT2D eigenvalue weighted by molar-refractivity contribution is 7.09. The monoisotopic (exact) mass is 347 g/mol. The van der Waals surface area contributed by atoms with Crippen LogP contribution in [0.5, 0.6) is 0 Å². The van der Waals surface area contributed by atoms with Crippen molar-refractivity contribution in [2.45, 2.75) is 19.4 Å². The van der Waals surface area contributed by atoms with Gasteiger partial charge in [-0.2, -0.15) is 0 Å². The van der Waals surface area contributed by atoms with Gasteiger partial charge in [-0.3, -0.25) is 9.59 Å². The van der Waals surface area contributed by atoms with E-state index in [0.29, 0.717) is 17.0 Å². The van der Waals surface area contributed by atoms with Crippen molar-refractivity contribution >= 4 is 29.1 Å². The van der Waals surface area contributed by atoms with Gasteiger partial charge in [0.25, 0.3) is 5.91 Å². The van der Waals surface area contributed by atoms with E-state index in [2.05, 4.69) is 15.6 Å². The van der Waals surface area contributed by atoms with E-state index in [-0.39, 0.29) is 30.5 Å². The second-order valence-electron chi connectivity index (χ2n) is 4.99. The predicted octanol–water partition coefficient (Wildman–Crippen LogP) is 1.45. The maximum atomic E-state index is 11.9. The van der Waals surface area contributed by atoms with E-state index in [9.17, 15) is 14.4 Å². The Morgan fingerprint density at radius 1 is 1.29 bits per heavy atom. The van der Waals surface area contributed by atoms with Crippen molar-refractivity contribution in [2.75, 3.05) is 7.05 Å². The minimum Gasteiger partial charge on any atom is -0.476 e. The zero-order valence-electron chi connectivity index (χ0n) is 13.0. The molecule has 0 spiro atoms. The molecule has 0 saturated heterocycles. The van der Waals surface area contributed by atoms with Crippen LogP contribution in [-0.2, 0) is 17.8 Å². The van der Waals surface area contributed by atoms with Crippen LogP contribution in [0, 0.1) is 0 Å². The summed E-state index contributed by atoms with van der Waals surface area (Å²) in [5.41, 5.74) is 1.43. The molecule has 0 fully saturated rings. The van der Waals surface area contributed by atoms with Crippen LogP contribution in [0.4, 0.5) is 0 Å². The molecule has 0 bridgehead atoms. The number of amides is 2. The van der Waals surface area contributed by atoms with Gasteiger partial charge in [0.05, 0.1) is 6.54 Å². The first-order chi connectivity index (χ1) is 11.5. The number of hydrogen-bond donors (Lipinski definition) is 3. The van der Waals surface area contributed by atoms with Crippen LogP contribution in [-0.4, -0.2) is 34.9 Å². The zero-order valence-corrected chi connectivity index (χ0v) is 13.9. The van der Waals surface area contributed by atoms with Crippen molar-refractivity contribution in [1.29, 1.82) is 0 Å². The summed E-state index contributed by atoms with van der Waals surface area (Å²) < 4.78 is 0. The van der Waals surface area contributed by atoms with E-state index in [1.54, 1.807) is 25.2 Å². The molecule has 7 nitrogen and oxygen atoms in total. The summed E-state index contributed by atoms with van der Waals surface area (Å²) in [6.07, 6.45) is 0.781. The Morgan fingerprint density at radius 3 is 2.75 bits per heavy atom. The second kappa shape index (κ2) is 8.21. The van der Waals surface area contributed by atoms with Crippen LogP contribution < -0.4 is 10.6 Å². The molecular weight excluding hydrogens is 330 g/mol. The van der Waals surface area contributed by atoms with Crippen LogP contribution >= 0.6 is 11.3 Å². The summed E-state index contributed by atoms with van der Waals surface area (Å²) in [5.74, 6) is -1.41. The standard InChI is InChI=1S/C16H17N3O4S/c1-17-15(21)11-4-2-3-10(7-11)5-6-13(20)18-8-14-19-12(9-24-14)16(22)23/h2-4,7,9H,5-6,8H2,1H3,(H,17,21)(H,18,20)(H,22,23). The minimum atomic E-state index is -1.08. The lowest BCUT2D eigenvalue weighted by atomic mass is 10.1. The normalized spacial score (nSPS) is 10.2. The van der Waals surface area contributed by atoms with Crippen LogP contribution in [0.2, 0.25) is 0 Å². The summed E-state index contributed by atoms with van der Waals surface area (Å²) >= 11 is 1.19. The lowest BCUT2D eigenvalue weighted by molar-refractivity contribution is -0.121. The third kappa shape index (κ3) is 4.88. The fourth-order valence-electron chi connectivity index (χ4n) is 2.02. The lowest BCUT2D eigenvalue weighted by Gasteiger charge is -2.05. The number of benzene rings is 1. The molecule has 8 heteroatoms. The van der Waals surface area contributed by atoms with E-state index < -0.39 is 5.97 Å². The van der Waals surface area contributed by atoms with E-state index in [1.807, 2.05) is 6.07 Å². The van der Waals surface area contributed by atoms with E-state index >= 15 is 0 Å². The first-order valence-corrected chi connectivity index (χ1v) is 8.13. The number of hydrogen-bond acceptors (Lipinski definition) is 5. The maximum Gasteiger partial charge on any atom is 0.355 e. The number of nitrogens with zero attached hydrogens (tertiary/aromatic N) is 1. The molecule has 24 heavy (non-hydrogen) atoms. The van der Waals surface area contributed by atoms with Gasteiger partial charge in [-0.05, 0) is 24.1 Å². The summed E-state index contributed by atoms with van der Waals surface area (Å²) in [6, 6.07) is 7.11. The highest BCUT2D eigenvalue weighted by atomic mass is 32.1. The summed E-state index contributed by atoms with van der Waals surface area (Å²) in [7, 11) is 1.57. The zero-order chi connectivity index (χ0) is 17.5. The molecule has 2 rings (SSSR count). The first kappa shape index (κ1) is 17.6. The SMILES string of the molecule is CNC(=O)c1cccc(CCC(=O)NCc2nc(C(=O)O)cs2)c1. The van der Waals surface area contributed by atoms with Gasteiger partial charge >= 0.3 is 5.97 Å². The van der Waals surface area contributed by atoms with Crippen molar-refractivity contribution in [3.05, 3.63) is 51.5 Å². The molecule has 3 N–H and O–H groups in total. The molecule has 2 amide bonds. The fraction of sp³-hybridized carbons (Fsp3) is 0.250. The van der Waals surface area contributed by atoms with Gasteiger partial charge in [0.15, 0.2) is 5.69 Å². The number of carboxylic acids is 1. The van der Waals surface area contributed by atoms with Crippen molar-refractivity contribution in [3.8, 4) is 0 Å². The van der Waals surface area contributed by atoms with E-state index in [4.69, 9.17) is 5.11 Å². The summed E-state index contributed by atoms with van der Waals surface area (Å²) in [4.78, 5) is 38.1. The molecule has 0 aliphatic carbocycles. The van der Waals surface area contributed by atoms with Gasteiger partial charge in [-0.25, -0.2) is 9.78 Å². The van der Waals surface area contributed by atoms with Crippen molar-refractivity contribution < 1.29 is 19.5 Å². The third-order valence-corrected chi connectivity index (χ3v) is 4.11. The molecule has 0 radical (unpaired) electrons. The number of aryl methyl sites for hydroxylation is 1. The van der Waals surface area contributed by atoms with E-state index in [0.717, 1.165) is 5.56 Å². The molecule has 2 aromatic rings. The molecule has 1 heterocycles.